The standard InChI is InChI=1S/C16H22N4O/c1-10-6-7-14(18-13(4)21)8-16(10)17-9-15-11(2)19-20(5)12(15)3/h6-8,17H,9H2,1-5H3,(H,18,21). The molecule has 0 atom stereocenters. The van der Waals surface area contributed by atoms with E-state index in [0.717, 1.165) is 34.9 Å². The van der Waals surface area contributed by atoms with Gasteiger partial charge in [0.15, 0.2) is 0 Å². The highest BCUT2D eigenvalue weighted by Crippen LogP contribution is 2.22. The van der Waals surface area contributed by atoms with E-state index in [2.05, 4.69) is 22.7 Å². The predicted molar refractivity (Wildman–Crippen MR) is 85.5 cm³/mol. The van der Waals surface area contributed by atoms with Crippen LogP contribution in [0.3, 0.4) is 0 Å². The maximum Gasteiger partial charge on any atom is 0.221 e. The molecule has 112 valence electrons. The van der Waals surface area contributed by atoms with Crippen molar-refractivity contribution in [3.63, 3.8) is 0 Å². The first-order valence-corrected chi connectivity index (χ1v) is 6.99. The molecule has 0 aliphatic rings. The molecule has 0 radical (unpaired) electrons. The number of benzene rings is 1. The van der Waals surface area contributed by atoms with Crippen molar-refractivity contribution in [1.82, 2.24) is 9.78 Å². The van der Waals surface area contributed by atoms with Crippen molar-refractivity contribution in [3.8, 4) is 0 Å². The predicted octanol–water partition coefficient (Wildman–Crippen LogP) is 2.92. The summed E-state index contributed by atoms with van der Waals surface area (Å²) in [5.74, 6) is -0.0660. The summed E-state index contributed by atoms with van der Waals surface area (Å²) in [6.45, 7) is 8.36. The molecule has 0 bridgehead atoms. The zero-order valence-corrected chi connectivity index (χ0v) is 13.2. The Labute approximate surface area is 125 Å². The molecule has 1 amide bonds. The minimum Gasteiger partial charge on any atom is -0.381 e. The smallest absolute Gasteiger partial charge is 0.221 e. The molecule has 0 saturated carbocycles. The first-order valence-electron chi connectivity index (χ1n) is 6.99. The quantitative estimate of drug-likeness (QED) is 0.908. The molecule has 0 unspecified atom stereocenters. The molecule has 5 nitrogen and oxygen atoms in total. The molecule has 0 fully saturated rings. The third kappa shape index (κ3) is 3.42. The van der Waals surface area contributed by atoms with Gasteiger partial charge in [-0.25, -0.2) is 0 Å². The molecule has 2 rings (SSSR count). The average Bonchev–Trinajstić information content (AvgIpc) is 2.64. The van der Waals surface area contributed by atoms with Gasteiger partial charge in [0.2, 0.25) is 5.91 Å². The largest absolute Gasteiger partial charge is 0.381 e. The Hall–Kier alpha value is -2.30. The Kier molecular flexibility index (Phi) is 4.31. The molecule has 21 heavy (non-hydrogen) atoms. The summed E-state index contributed by atoms with van der Waals surface area (Å²) < 4.78 is 1.90. The Bertz CT molecular complexity index is 673. The lowest BCUT2D eigenvalue weighted by Gasteiger charge is -2.12. The highest BCUT2D eigenvalue weighted by atomic mass is 16.1. The van der Waals surface area contributed by atoms with Gasteiger partial charge in [-0.1, -0.05) is 6.07 Å². The van der Waals surface area contributed by atoms with Gasteiger partial charge in [0.25, 0.3) is 0 Å². The summed E-state index contributed by atoms with van der Waals surface area (Å²) in [4.78, 5) is 11.1. The summed E-state index contributed by atoms with van der Waals surface area (Å²) in [6, 6.07) is 5.86. The van der Waals surface area contributed by atoms with Crippen LogP contribution in [-0.4, -0.2) is 15.7 Å². The molecule has 1 aromatic carbocycles. The lowest BCUT2D eigenvalue weighted by Crippen LogP contribution is -2.07. The molecule has 0 saturated heterocycles. The Balaban J connectivity index is 2.17. The van der Waals surface area contributed by atoms with E-state index < -0.39 is 0 Å². The van der Waals surface area contributed by atoms with Crippen molar-refractivity contribution in [2.75, 3.05) is 10.6 Å². The molecular formula is C16H22N4O. The number of nitrogens with one attached hydrogen (secondary N) is 2. The number of amides is 1. The number of nitrogens with zero attached hydrogens (tertiary/aromatic N) is 2. The number of hydrogen-bond donors (Lipinski definition) is 2. The second kappa shape index (κ2) is 5.99. The van der Waals surface area contributed by atoms with Crippen LogP contribution in [0.25, 0.3) is 0 Å². The van der Waals surface area contributed by atoms with E-state index in [-0.39, 0.29) is 5.91 Å². The molecule has 0 aliphatic carbocycles. The van der Waals surface area contributed by atoms with Crippen LogP contribution < -0.4 is 10.6 Å². The van der Waals surface area contributed by atoms with Gasteiger partial charge in [-0.3, -0.25) is 9.48 Å². The van der Waals surface area contributed by atoms with Crippen molar-refractivity contribution in [2.45, 2.75) is 34.2 Å². The van der Waals surface area contributed by atoms with Crippen molar-refractivity contribution < 1.29 is 4.79 Å². The van der Waals surface area contributed by atoms with Crippen LogP contribution in [0.5, 0.6) is 0 Å². The fourth-order valence-electron chi connectivity index (χ4n) is 2.35. The second-order valence-corrected chi connectivity index (χ2v) is 5.34. The third-order valence-corrected chi connectivity index (χ3v) is 3.67. The number of aryl methyl sites for hydroxylation is 3. The Morgan fingerprint density at radius 3 is 2.57 bits per heavy atom. The highest BCUT2D eigenvalue weighted by Gasteiger charge is 2.09. The summed E-state index contributed by atoms with van der Waals surface area (Å²) in [6.07, 6.45) is 0. The molecule has 2 N–H and O–H groups in total. The van der Waals surface area contributed by atoms with Gasteiger partial charge in [-0.2, -0.15) is 5.10 Å². The van der Waals surface area contributed by atoms with Gasteiger partial charge in [0.1, 0.15) is 0 Å². The molecule has 0 spiro atoms. The van der Waals surface area contributed by atoms with Gasteiger partial charge in [-0.15, -0.1) is 0 Å². The highest BCUT2D eigenvalue weighted by molar-refractivity contribution is 5.89. The Morgan fingerprint density at radius 2 is 2.00 bits per heavy atom. The van der Waals surface area contributed by atoms with Gasteiger partial charge in [0.05, 0.1) is 5.69 Å². The van der Waals surface area contributed by atoms with Crippen LogP contribution in [-0.2, 0) is 18.4 Å². The first kappa shape index (κ1) is 15.1. The minimum atomic E-state index is -0.0660. The van der Waals surface area contributed by atoms with Crippen molar-refractivity contribution >= 4 is 17.3 Å². The number of carbonyl (C=O) groups excluding carboxylic acids is 1. The van der Waals surface area contributed by atoms with E-state index in [0.29, 0.717) is 0 Å². The van der Waals surface area contributed by atoms with E-state index in [1.165, 1.54) is 12.5 Å². The van der Waals surface area contributed by atoms with E-state index in [9.17, 15) is 4.79 Å². The van der Waals surface area contributed by atoms with Crippen molar-refractivity contribution in [3.05, 3.63) is 40.7 Å². The second-order valence-electron chi connectivity index (χ2n) is 5.34. The molecule has 1 aromatic heterocycles. The van der Waals surface area contributed by atoms with Crippen LogP contribution >= 0.6 is 0 Å². The molecule has 0 aliphatic heterocycles. The number of rotatable bonds is 4. The van der Waals surface area contributed by atoms with Crippen LogP contribution in [0.2, 0.25) is 0 Å². The summed E-state index contributed by atoms with van der Waals surface area (Å²) in [5.41, 5.74) is 6.37. The van der Waals surface area contributed by atoms with Crippen LogP contribution in [0.1, 0.15) is 29.4 Å². The van der Waals surface area contributed by atoms with Crippen LogP contribution in [0.4, 0.5) is 11.4 Å². The number of hydrogen-bond acceptors (Lipinski definition) is 3. The maximum absolute atomic E-state index is 11.1. The fourth-order valence-corrected chi connectivity index (χ4v) is 2.35. The molecular weight excluding hydrogens is 264 g/mol. The summed E-state index contributed by atoms with van der Waals surface area (Å²) in [7, 11) is 1.95. The van der Waals surface area contributed by atoms with Crippen molar-refractivity contribution in [2.24, 2.45) is 7.05 Å². The van der Waals surface area contributed by atoms with E-state index >= 15 is 0 Å². The van der Waals surface area contributed by atoms with E-state index in [1.54, 1.807) is 0 Å². The SMILES string of the molecule is CC(=O)Nc1ccc(C)c(NCc2c(C)nn(C)c2C)c1. The number of anilines is 2. The molecule has 5 heteroatoms. The normalized spacial score (nSPS) is 10.5. The third-order valence-electron chi connectivity index (χ3n) is 3.67. The van der Waals surface area contributed by atoms with Gasteiger partial charge < -0.3 is 10.6 Å². The zero-order chi connectivity index (χ0) is 15.6. The molecule has 2 aromatic rings. The molecule has 1 heterocycles. The maximum atomic E-state index is 11.1. The monoisotopic (exact) mass is 286 g/mol. The fraction of sp³-hybridized carbons (Fsp3) is 0.375. The number of carbonyl (C=O) groups is 1. The van der Waals surface area contributed by atoms with E-state index in [1.807, 2.05) is 43.8 Å². The lowest BCUT2D eigenvalue weighted by atomic mass is 10.1. The zero-order valence-electron chi connectivity index (χ0n) is 13.2. The number of aromatic nitrogens is 2. The topological polar surface area (TPSA) is 59.0 Å². The van der Waals surface area contributed by atoms with Crippen molar-refractivity contribution in [1.29, 1.82) is 0 Å². The van der Waals surface area contributed by atoms with Gasteiger partial charge >= 0.3 is 0 Å². The van der Waals surface area contributed by atoms with E-state index in [4.69, 9.17) is 0 Å². The van der Waals surface area contributed by atoms with Crippen LogP contribution in [0, 0.1) is 20.8 Å². The average molecular weight is 286 g/mol. The van der Waals surface area contributed by atoms with Gasteiger partial charge in [-0.05, 0) is 38.5 Å². The lowest BCUT2D eigenvalue weighted by molar-refractivity contribution is -0.114. The summed E-state index contributed by atoms with van der Waals surface area (Å²) in [5, 5.41) is 10.7. The Morgan fingerprint density at radius 1 is 1.29 bits per heavy atom. The minimum absolute atomic E-state index is 0.0660. The van der Waals surface area contributed by atoms with Gasteiger partial charge in [0, 0.05) is 43.1 Å². The first-order chi connectivity index (χ1) is 9.88. The van der Waals surface area contributed by atoms with Crippen LogP contribution in [0.15, 0.2) is 18.2 Å². The summed E-state index contributed by atoms with van der Waals surface area (Å²) >= 11 is 0.